The number of aromatic nitrogens is 2. The Labute approximate surface area is 132 Å². The van der Waals surface area contributed by atoms with Crippen LogP contribution < -0.4 is 5.32 Å². The van der Waals surface area contributed by atoms with Gasteiger partial charge in [0.05, 0.1) is 22.4 Å². The zero-order chi connectivity index (χ0) is 13.8. The van der Waals surface area contributed by atoms with Crippen molar-refractivity contribution in [1.29, 1.82) is 0 Å². The van der Waals surface area contributed by atoms with E-state index in [0.717, 1.165) is 11.0 Å². The lowest BCUT2D eigenvalue weighted by Gasteiger charge is -2.31. The van der Waals surface area contributed by atoms with Gasteiger partial charge in [0, 0.05) is 28.6 Å². The van der Waals surface area contributed by atoms with Crippen molar-refractivity contribution >= 4 is 39.5 Å². The smallest absolute Gasteiger partial charge is 0.0710 e. The number of hydrogen-bond donors (Lipinski definition) is 1. The SMILES string of the molecule is CCNC(c1c(Br)cnn1C(C)C)C1CSCCS1. The van der Waals surface area contributed by atoms with Gasteiger partial charge in [0.15, 0.2) is 0 Å². The molecule has 0 radical (unpaired) electrons. The normalized spacial score (nSPS) is 21.8. The van der Waals surface area contributed by atoms with E-state index in [1.807, 2.05) is 6.20 Å². The van der Waals surface area contributed by atoms with Crippen molar-refractivity contribution in [1.82, 2.24) is 15.1 Å². The van der Waals surface area contributed by atoms with E-state index < -0.39 is 0 Å². The van der Waals surface area contributed by atoms with Crippen molar-refractivity contribution in [3.05, 3.63) is 16.4 Å². The predicted octanol–water partition coefficient (Wildman–Crippen LogP) is 3.73. The van der Waals surface area contributed by atoms with E-state index in [2.05, 4.69) is 75.3 Å². The van der Waals surface area contributed by atoms with Gasteiger partial charge in [-0.05, 0) is 36.3 Å². The summed E-state index contributed by atoms with van der Waals surface area (Å²) in [5.41, 5.74) is 1.30. The topological polar surface area (TPSA) is 29.9 Å². The maximum atomic E-state index is 4.53. The largest absolute Gasteiger partial charge is 0.308 e. The molecule has 0 bridgehead atoms. The van der Waals surface area contributed by atoms with Crippen LogP contribution in [0.2, 0.25) is 0 Å². The van der Waals surface area contributed by atoms with Crippen LogP contribution in [0, 0.1) is 0 Å². The third-order valence-electron chi connectivity index (χ3n) is 3.21. The van der Waals surface area contributed by atoms with Gasteiger partial charge in [-0.3, -0.25) is 4.68 Å². The zero-order valence-electron chi connectivity index (χ0n) is 11.7. The first-order valence-electron chi connectivity index (χ1n) is 6.80. The van der Waals surface area contributed by atoms with Crippen molar-refractivity contribution in [2.75, 3.05) is 23.8 Å². The van der Waals surface area contributed by atoms with Crippen LogP contribution in [-0.2, 0) is 0 Å². The molecule has 0 saturated carbocycles. The van der Waals surface area contributed by atoms with Gasteiger partial charge < -0.3 is 5.32 Å². The molecule has 0 spiro atoms. The minimum Gasteiger partial charge on any atom is -0.308 e. The Morgan fingerprint density at radius 2 is 2.32 bits per heavy atom. The average Bonchev–Trinajstić information content (AvgIpc) is 2.79. The minimum absolute atomic E-state index is 0.377. The van der Waals surface area contributed by atoms with E-state index in [4.69, 9.17) is 0 Å². The molecule has 2 heterocycles. The van der Waals surface area contributed by atoms with Gasteiger partial charge in [-0.25, -0.2) is 0 Å². The average molecular weight is 364 g/mol. The summed E-state index contributed by atoms with van der Waals surface area (Å²) in [5, 5.41) is 8.82. The molecule has 1 aromatic rings. The fourth-order valence-electron chi connectivity index (χ4n) is 2.38. The first kappa shape index (κ1) is 15.7. The van der Waals surface area contributed by atoms with E-state index in [0.29, 0.717) is 17.3 Å². The summed E-state index contributed by atoms with van der Waals surface area (Å²) >= 11 is 7.85. The van der Waals surface area contributed by atoms with Gasteiger partial charge in [0.25, 0.3) is 0 Å². The molecule has 1 fully saturated rings. The standard InChI is InChI=1S/C13H22BrN3S2/c1-4-15-12(11-8-18-5-6-19-11)13-10(14)7-16-17(13)9(2)3/h7,9,11-12,15H,4-6,8H2,1-3H3. The molecule has 1 aliphatic heterocycles. The van der Waals surface area contributed by atoms with Crippen molar-refractivity contribution in [3.63, 3.8) is 0 Å². The van der Waals surface area contributed by atoms with Crippen LogP contribution in [0.5, 0.6) is 0 Å². The molecule has 1 aliphatic rings. The molecule has 3 nitrogen and oxygen atoms in total. The predicted molar refractivity (Wildman–Crippen MR) is 90.3 cm³/mol. The molecule has 19 heavy (non-hydrogen) atoms. The van der Waals surface area contributed by atoms with Gasteiger partial charge in [-0.2, -0.15) is 28.6 Å². The molecule has 1 saturated heterocycles. The highest BCUT2D eigenvalue weighted by atomic mass is 79.9. The summed E-state index contributed by atoms with van der Waals surface area (Å²) in [6.45, 7) is 7.54. The molecular formula is C13H22BrN3S2. The zero-order valence-corrected chi connectivity index (χ0v) is 14.9. The van der Waals surface area contributed by atoms with Gasteiger partial charge in [-0.1, -0.05) is 6.92 Å². The number of rotatable bonds is 5. The number of hydrogen-bond acceptors (Lipinski definition) is 4. The highest BCUT2D eigenvalue weighted by molar-refractivity contribution is 9.10. The third kappa shape index (κ3) is 3.71. The fourth-order valence-corrected chi connectivity index (χ4v) is 5.74. The Balaban J connectivity index is 2.29. The van der Waals surface area contributed by atoms with Crippen LogP contribution in [0.3, 0.4) is 0 Å². The molecule has 0 amide bonds. The molecule has 0 aliphatic carbocycles. The van der Waals surface area contributed by atoms with Crippen LogP contribution in [-0.4, -0.2) is 38.8 Å². The Hall–Kier alpha value is 0.350. The van der Waals surface area contributed by atoms with E-state index >= 15 is 0 Å². The fraction of sp³-hybridized carbons (Fsp3) is 0.769. The van der Waals surface area contributed by atoms with Crippen LogP contribution >= 0.6 is 39.5 Å². The molecule has 1 N–H and O–H groups in total. The van der Waals surface area contributed by atoms with Crippen LogP contribution in [0.4, 0.5) is 0 Å². The van der Waals surface area contributed by atoms with Crippen molar-refractivity contribution in [2.24, 2.45) is 0 Å². The second-order valence-corrected chi connectivity index (χ2v) is 8.29. The number of halogens is 1. The monoisotopic (exact) mass is 363 g/mol. The Bertz CT molecular complexity index is 403. The summed E-state index contributed by atoms with van der Waals surface area (Å²) < 4.78 is 3.28. The van der Waals surface area contributed by atoms with Crippen molar-refractivity contribution in [3.8, 4) is 0 Å². The lowest BCUT2D eigenvalue weighted by atomic mass is 10.1. The highest BCUT2D eigenvalue weighted by Crippen LogP contribution is 2.37. The van der Waals surface area contributed by atoms with E-state index in [1.165, 1.54) is 23.0 Å². The number of nitrogens with one attached hydrogen (secondary N) is 1. The lowest BCUT2D eigenvalue weighted by Crippen LogP contribution is -2.35. The highest BCUT2D eigenvalue weighted by Gasteiger charge is 2.30. The Kier molecular flexibility index (Phi) is 6.11. The second-order valence-electron chi connectivity index (χ2n) is 4.94. The summed E-state index contributed by atoms with van der Waals surface area (Å²) in [6.07, 6.45) is 1.93. The van der Waals surface area contributed by atoms with Gasteiger partial charge in [-0.15, -0.1) is 0 Å². The summed E-state index contributed by atoms with van der Waals surface area (Å²) in [5.74, 6) is 3.76. The third-order valence-corrected chi connectivity index (χ3v) is 6.68. The maximum Gasteiger partial charge on any atom is 0.0710 e. The van der Waals surface area contributed by atoms with Gasteiger partial charge >= 0.3 is 0 Å². The summed E-state index contributed by atoms with van der Waals surface area (Å²) in [6, 6.07) is 0.769. The lowest BCUT2D eigenvalue weighted by molar-refractivity contribution is 0.447. The molecule has 1 aromatic heterocycles. The van der Waals surface area contributed by atoms with Gasteiger partial charge in [0.1, 0.15) is 0 Å². The quantitative estimate of drug-likeness (QED) is 0.862. The van der Waals surface area contributed by atoms with Crippen LogP contribution in [0.25, 0.3) is 0 Å². The molecule has 0 aromatic carbocycles. The number of nitrogens with zero attached hydrogens (tertiary/aromatic N) is 2. The Morgan fingerprint density at radius 1 is 1.53 bits per heavy atom. The molecule has 2 rings (SSSR count). The first-order chi connectivity index (χ1) is 9.15. The molecule has 2 atom stereocenters. The molecule has 6 heteroatoms. The van der Waals surface area contributed by atoms with Crippen LogP contribution in [0.15, 0.2) is 10.7 Å². The minimum atomic E-state index is 0.377. The van der Waals surface area contributed by atoms with Crippen LogP contribution in [0.1, 0.15) is 38.5 Å². The molecular weight excluding hydrogens is 342 g/mol. The van der Waals surface area contributed by atoms with Gasteiger partial charge in [0.2, 0.25) is 0 Å². The summed E-state index contributed by atoms with van der Waals surface area (Å²) in [4.78, 5) is 0. The van der Waals surface area contributed by atoms with Crippen molar-refractivity contribution in [2.45, 2.75) is 38.1 Å². The Morgan fingerprint density at radius 3 is 2.89 bits per heavy atom. The van der Waals surface area contributed by atoms with E-state index in [1.54, 1.807) is 0 Å². The molecule has 2 unspecified atom stereocenters. The van der Waals surface area contributed by atoms with Crippen molar-refractivity contribution < 1.29 is 0 Å². The maximum absolute atomic E-state index is 4.53. The first-order valence-corrected chi connectivity index (χ1v) is 9.80. The molecule has 108 valence electrons. The second kappa shape index (κ2) is 7.38. The van der Waals surface area contributed by atoms with E-state index in [9.17, 15) is 0 Å². The summed E-state index contributed by atoms with van der Waals surface area (Å²) in [7, 11) is 0. The van der Waals surface area contributed by atoms with E-state index in [-0.39, 0.29) is 0 Å². The number of thioether (sulfide) groups is 2.